The molecule has 0 aliphatic rings. The van der Waals surface area contributed by atoms with E-state index < -0.39 is 5.92 Å². The predicted molar refractivity (Wildman–Crippen MR) is 51.5 cm³/mol. The van der Waals surface area contributed by atoms with Gasteiger partial charge < -0.3 is 4.52 Å². The monoisotopic (exact) mass is 209 g/mol. The Balaban J connectivity index is 2.51. The van der Waals surface area contributed by atoms with Gasteiger partial charge in [-0.1, -0.05) is 35.5 Å². The van der Waals surface area contributed by atoms with Crippen molar-refractivity contribution in [3.05, 3.63) is 42.1 Å². The van der Waals surface area contributed by atoms with Crippen LogP contribution in [-0.4, -0.2) is 5.16 Å². The number of aromatic nitrogens is 1. The number of halogens is 2. The molecular formula is C11H9F2NO. The Labute approximate surface area is 85.5 Å². The second-order valence-corrected chi connectivity index (χ2v) is 3.32. The normalized spacial score (nSPS) is 11.7. The van der Waals surface area contributed by atoms with Crippen LogP contribution in [0.25, 0.3) is 11.3 Å². The van der Waals surface area contributed by atoms with Crippen molar-refractivity contribution >= 4 is 0 Å². The molecule has 1 heterocycles. The number of rotatable bonds is 2. The Kier molecular flexibility index (Phi) is 2.26. The molecule has 0 N–H and O–H groups in total. The van der Waals surface area contributed by atoms with Crippen molar-refractivity contribution in [2.24, 2.45) is 0 Å². The lowest BCUT2D eigenvalue weighted by Crippen LogP contribution is -2.06. The number of alkyl halides is 2. The Hall–Kier alpha value is -1.71. The van der Waals surface area contributed by atoms with Gasteiger partial charge in [-0.15, -0.1) is 0 Å². The summed E-state index contributed by atoms with van der Waals surface area (Å²) in [4.78, 5) is 0. The minimum Gasteiger partial charge on any atom is -0.356 e. The van der Waals surface area contributed by atoms with Crippen LogP contribution in [-0.2, 0) is 5.92 Å². The SMILES string of the molecule is CC(F)(F)c1cnoc1-c1ccccc1. The lowest BCUT2D eigenvalue weighted by molar-refractivity contribution is 0.0177. The Morgan fingerprint density at radius 3 is 2.47 bits per heavy atom. The molecule has 0 amide bonds. The molecule has 0 atom stereocenters. The quantitative estimate of drug-likeness (QED) is 0.757. The van der Waals surface area contributed by atoms with Crippen LogP contribution in [0.5, 0.6) is 0 Å². The molecule has 2 rings (SSSR count). The standard InChI is InChI=1S/C11H9F2NO/c1-11(12,13)9-7-14-15-10(9)8-5-3-2-4-6-8/h2-7H,1H3. The van der Waals surface area contributed by atoms with Gasteiger partial charge in [0.05, 0.1) is 11.8 Å². The van der Waals surface area contributed by atoms with Crippen molar-refractivity contribution in [3.63, 3.8) is 0 Å². The first kappa shape index (κ1) is 9.83. The summed E-state index contributed by atoms with van der Waals surface area (Å²) >= 11 is 0. The molecule has 2 aromatic rings. The highest BCUT2D eigenvalue weighted by molar-refractivity contribution is 5.61. The topological polar surface area (TPSA) is 26.0 Å². The maximum absolute atomic E-state index is 13.1. The maximum Gasteiger partial charge on any atom is 0.275 e. The number of hydrogen-bond acceptors (Lipinski definition) is 2. The van der Waals surface area contributed by atoms with Crippen molar-refractivity contribution in [3.8, 4) is 11.3 Å². The third-order valence-electron chi connectivity index (χ3n) is 2.08. The summed E-state index contributed by atoms with van der Waals surface area (Å²) < 4.78 is 31.1. The lowest BCUT2D eigenvalue weighted by atomic mass is 10.1. The van der Waals surface area contributed by atoms with Crippen LogP contribution in [0.4, 0.5) is 8.78 Å². The van der Waals surface area contributed by atoms with Crippen LogP contribution in [0.3, 0.4) is 0 Å². The summed E-state index contributed by atoms with van der Waals surface area (Å²) in [6.45, 7) is 0.825. The van der Waals surface area contributed by atoms with E-state index in [0.717, 1.165) is 13.1 Å². The van der Waals surface area contributed by atoms with E-state index in [2.05, 4.69) is 5.16 Å². The molecule has 1 aromatic carbocycles. The predicted octanol–water partition coefficient (Wildman–Crippen LogP) is 3.45. The second-order valence-electron chi connectivity index (χ2n) is 3.32. The van der Waals surface area contributed by atoms with Gasteiger partial charge in [0.2, 0.25) is 0 Å². The van der Waals surface area contributed by atoms with Crippen molar-refractivity contribution in [2.75, 3.05) is 0 Å². The summed E-state index contributed by atoms with van der Waals surface area (Å²) in [5.41, 5.74) is 0.417. The van der Waals surface area contributed by atoms with Crippen LogP contribution >= 0.6 is 0 Å². The molecule has 4 heteroatoms. The van der Waals surface area contributed by atoms with Gasteiger partial charge in [0.1, 0.15) is 0 Å². The first-order chi connectivity index (χ1) is 7.09. The van der Waals surface area contributed by atoms with Crippen LogP contribution < -0.4 is 0 Å². The summed E-state index contributed by atoms with van der Waals surface area (Å²) in [5.74, 6) is -2.81. The minimum absolute atomic E-state index is 0.128. The van der Waals surface area contributed by atoms with Gasteiger partial charge in [-0.25, -0.2) is 8.78 Å². The molecule has 0 aliphatic carbocycles. The van der Waals surface area contributed by atoms with Crippen LogP contribution in [0.15, 0.2) is 41.1 Å². The molecule has 0 aliphatic heterocycles. The fourth-order valence-electron chi connectivity index (χ4n) is 1.35. The average Bonchev–Trinajstić information content (AvgIpc) is 2.67. The minimum atomic E-state index is -2.94. The number of nitrogens with zero attached hydrogens (tertiary/aromatic N) is 1. The first-order valence-corrected chi connectivity index (χ1v) is 4.47. The molecule has 0 saturated carbocycles. The van der Waals surface area contributed by atoms with Crippen molar-refractivity contribution < 1.29 is 13.3 Å². The fraction of sp³-hybridized carbons (Fsp3) is 0.182. The van der Waals surface area contributed by atoms with Gasteiger partial charge in [0.15, 0.2) is 5.76 Å². The lowest BCUT2D eigenvalue weighted by Gasteiger charge is -2.08. The highest BCUT2D eigenvalue weighted by Gasteiger charge is 2.31. The van der Waals surface area contributed by atoms with Gasteiger partial charge >= 0.3 is 0 Å². The molecule has 0 bridgehead atoms. The first-order valence-electron chi connectivity index (χ1n) is 4.47. The summed E-state index contributed by atoms with van der Waals surface area (Å²) in [6.07, 6.45) is 1.06. The zero-order valence-electron chi connectivity index (χ0n) is 8.08. The van der Waals surface area contributed by atoms with E-state index in [9.17, 15) is 8.78 Å². The van der Waals surface area contributed by atoms with Gasteiger partial charge in [0.25, 0.3) is 5.92 Å². The Bertz CT molecular complexity index is 445. The van der Waals surface area contributed by atoms with Gasteiger partial charge in [-0.3, -0.25) is 0 Å². The van der Waals surface area contributed by atoms with Crippen molar-refractivity contribution in [1.29, 1.82) is 0 Å². The Morgan fingerprint density at radius 1 is 1.20 bits per heavy atom. The molecule has 0 radical (unpaired) electrons. The smallest absolute Gasteiger partial charge is 0.275 e. The third kappa shape index (κ3) is 1.88. The zero-order valence-corrected chi connectivity index (χ0v) is 8.08. The summed E-state index contributed by atoms with van der Waals surface area (Å²) in [5, 5.41) is 3.41. The fourth-order valence-corrected chi connectivity index (χ4v) is 1.35. The number of hydrogen-bond donors (Lipinski definition) is 0. The number of benzene rings is 1. The van der Waals surface area contributed by atoms with E-state index in [4.69, 9.17) is 4.52 Å². The molecular weight excluding hydrogens is 200 g/mol. The van der Waals surface area contributed by atoms with E-state index in [-0.39, 0.29) is 11.3 Å². The summed E-state index contributed by atoms with van der Waals surface area (Å²) in [6, 6.07) is 8.74. The van der Waals surface area contributed by atoms with Gasteiger partial charge in [-0.05, 0) is 0 Å². The maximum atomic E-state index is 13.1. The van der Waals surface area contributed by atoms with E-state index in [1.54, 1.807) is 24.3 Å². The molecule has 0 unspecified atom stereocenters. The highest BCUT2D eigenvalue weighted by Crippen LogP contribution is 2.35. The molecule has 0 fully saturated rings. The average molecular weight is 209 g/mol. The van der Waals surface area contributed by atoms with Crippen molar-refractivity contribution in [1.82, 2.24) is 5.16 Å². The van der Waals surface area contributed by atoms with Crippen LogP contribution in [0, 0.1) is 0 Å². The van der Waals surface area contributed by atoms with Gasteiger partial charge in [-0.2, -0.15) is 0 Å². The highest BCUT2D eigenvalue weighted by atomic mass is 19.3. The molecule has 0 spiro atoms. The zero-order chi connectivity index (χ0) is 10.9. The van der Waals surface area contributed by atoms with E-state index in [0.29, 0.717) is 5.56 Å². The van der Waals surface area contributed by atoms with E-state index in [1.807, 2.05) is 6.07 Å². The molecule has 1 aromatic heterocycles. The van der Waals surface area contributed by atoms with Crippen LogP contribution in [0.2, 0.25) is 0 Å². The third-order valence-corrected chi connectivity index (χ3v) is 2.08. The molecule has 15 heavy (non-hydrogen) atoms. The van der Waals surface area contributed by atoms with Crippen LogP contribution in [0.1, 0.15) is 12.5 Å². The second kappa shape index (κ2) is 3.46. The molecule has 78 valence electrons. The molecule has 2 nitrogen and oxygen atoms in total. The van der Waals surface area contributed by atoms with E-state index >= 15 is 0 Å². The van der Waals surface area contributed by atoms with E-state index in [1.165, 1.54) is 0 Å². The van der Waals surface area contributed by atoms with Crippen molar-refractivity contribution in [2.45, 2.75) is 12.8 Å². The molecule has 0 saturated heterocycles. The largest absolute Gasteiger partial charge is 0.356 e. The van der Waals surface area contributed by atoms with Gasteiger partial charge in [0, 0.05) is 12.5 Å². The summed E-state index contributed by atoms with van der Waals surface area (Å²) in [7, 11) is 0. The Morgan fingerprint density at radius 2 is 1.87 bits per heavy atom.